The van der Waals surface area contributed by atoms with Gasteiger partial charge in [0.05, 0.1) is 0 Å². The first-order valence-corrected chi connectivity index (χ1v) is 3.77. The molecule has 0 aliphatic carbocycles. The van der Waals surface area contributed by atoms with Crippen molar-refractivity contribution in [1.82, 2.24) is 0 Å². The number of unbranched alkanes of at least 4 members (excludes halogenated alkanes) is 1. The summed E-state index contributed by atoms with van der Waals surface area (Å²) in [7, 11) is 0. The SMILES string of the molecule is CCCC[C@@H](N)CCN. The zero-order chi connectivity index (χ0) is 7.11. The Morgan fingerprint density at radius 2 is 2.00 bits per heavy atom. The Bertz CT molecular complexity index is 54.9. The zero-order valence-electron chi connectivity index (χ0n) is 6.27. The van der Waals surface area contributed by atoms with E-state index in [2.05, 4.69) is 6.92 Å². The molecule has 56 valence electrons. The van der Waals surface area contributed by atoms with Crippen LogP contribution < -0.4 is 11.5 Å². The summed E-state index contributed by atoms with van der Waals surface area (Å²) >= 11 is 0. The molecule has 0 aromatic heterocycles. The van der Waals surface area contributed by atoms with Crippen molar-refractivity contribution in [2.24, 2.45) is 11.5 Å². The Hall–Kier alpha value is -0.0800. The van der Waals surface area contributed by atoms with Crippen molar-refractivity contribution in [2.45, 2.75) is 38.6 Å². The predicted molar refractivity (Wildman–Crippen MR) is 41.2 cm³/mol. The molecule has 0 aromatic carbocycles. The highest BCUT2D eigenvalue weighted by Gasteiger charge is 1.97. The second kappa shape index (κ2) is 6.05. The fraction of sp³-hybridized carbons (Fsp3) is 1.00. The highest BCUT2D eigenvalue weighted by Crippen LogP contribution is 1.99. The standard InChI is InChI=1S/C7H18N2/c1-2-3-4-7(9)5-6-8/h7H,2-6,8-9H2,1H3/t7-/m1/s1. The van der Waals surface area contributed by atoms with Crippen molar-refractivity contribution < 1.29 is 0 Å². The Balaban J connectivity index is 2.95. The zero-order valence-corrected chi connectivity index (χ0v) is 6.27. The summed E-state index contributed by atoms with van der Waals surface area (Å²) in [5.41, 5.74) is 11.0. The lowest BCUT2D eigenvalue weighted by Crippen LogP contribution is -2.23. The third kappa shape index (κ3) is 5.80. The van der Waals surface area contributed by atoms with E-state index in [1.54, 1.807) is 0 Å². The number of rotatable bonds is 5. The van der Waals surface area contributed by atoms with Crippen LogP contribution in [0.5, 0.6) is 0 Å². The van der Waals surface area contributed by atoms with Crippen LogP contribution in [0.3, 0.4) is 0 Å². The summed E-state index contributed by atoms with van der Waals surface area (Å²) in [6, 6.07) is 0.343. The van der Waals surface area contributed by atoms with Gasteiger partial charge in [-0.25, -0.2) is 0 Å². The fourth-order valence-corrected chi connectivity index (χ4v) is 0.825. The van der Waals surface area contributed by atoms with Crippen LogP contribution in [-0.4, -0.2) is 12.6 Å². The van der Waals surface area contributed by atoms with Crippen molar-refractivity contribution in [3.63, 3.8) is 0 Å². The molecule has 0 fully saturated rings. The van der Waals surface area contributed by atoms with Gasteiger partial charge in [0.2, 0.25) is 0 Å². The molecule has 0 amide bonds. The monoisotopic (exact) mass is 130 g/mol. The van der Waals surface area contributed by atoms with Gasteiger partial charge in [0.25, 0.3) is 0 Å². The number of hydrogen-bond donors (Lipinski definition) is 2. The van der Waals surface area contributed by atoms with Gasteiger partial charge in [-0.1, -0.05) is 19.8 Å². The van der Waals surface area contributed by atoms with Gasteiger partial charge >= 0.3 is 0 Å². The molecule has 0 unspecified atom stereocenters. The van der Waals surface area contributed by atoms with Gasteiger partial charge < -0.3 is 11.5 Å². The Morgan fingerprint density at radius 3 is 2.44 bits per heavy atom. The van der Waals surface area contributed by atoms with Crippen LogP contribution in [0.2, 0.25) is 0 Å². The normalized spacial score (nSPS) is 13.7. The van der Waals surface area contributed by atoms with Crippen LogP contribution in [-0.2, 0) is 0 Å². The molecular weight excluding hydrogens is 112 g/mol. The summed E-state index contributed by atoms with van der Waals surface area (Å²) in [5, 5.41) is 0. The van der Waals surface area contributed by atoms with Crippen molar-refractivity contribution in [3.8, 4) is 0 Å². The minimum Gasteiger partial charge on any atom is -0.330 e. The third-order valence-corrected chi connectivity index (χ3v) is 1.47. The highest BCUT2D eigenvalue weighted by molar-refractivity contribution is 4.60. The van der Waals surface area contributed by atoms with Crippen LogP contribution in [0.1, 0.15) is 32.6 Å². The third-order valence-electron chi connectivity index (χ3n) is 1.47. The maximum Gasteiger partial charge on any atom is 0.00508 e. The molecule has 0 aromatic rings. The van der Waals surface area contributed by atoms with Gasteiger partial charge in [0.15, 0.2) is 0 Å². The van der Waals surface area contributed by atoms with E-state index < -0.39 is 0 Å². The lowest BCUT2D eigenvalue weighted by molar-refractivity contribution is 0.547. The minimum absolute atomic E-state index is 0.343. The van der Waals surface area contributed by atoms with Crippen LogP contribution in [0, 0.1) is 0 Å². The second-order valence-corrected chi connectivity index (χ2v) is 2.48. The molecule has 0 bridgehead atoms. The predicted octanol–water partition coefficient (Wildman–Crippen LogP) is 0.853. The molecule has 1 atom stereocenters. The van der Waals surface area contributed by atoms with Crippen LogP contribution >= 0.6 is 0 Å². The molecule has 0 aliphatic rings. The van der Waals surface area contributed by atoms with Crippen molar-refractivity contribution in [3.05, 3.63) is 0 Å². The average molecular weight is 130 g/mol. The van der Waals surface area contributed by atoms with E-state index in [1.165, 1.54) is 12.8 Å². The summed E-state index contributed by atoms with van der Waals surface area (Å²) in [5.74, 6) is 0. The summed E-state index contributed by atoms with van der Waals surface area (Å²) in [6.45, 7) is 2.90. The van der Waals surface area contributed by atoms with Crippen LogP contribution in [0.15, 0.2) is 0 Å². The molecule has 4 N–H and O–H groups in total. The van der Waals surface area contributed by atoms with E-state index in [1.807, 2.05) is 0 Å². The minimum atomic E-state index is 0.343. The van der Waals surface area contributed by atoms with E-state index >= 15 is 0 Å². The maximum atomic E-state index is 5.69. The van der Waals surface area contributed by atoms with E-state index in [4.69, 9.17) is 11.5 Å². The molecule has 2 nitrogen and oxygen atoms in total. The Kier molecular flexibility index (Phi) is 5.99. The van der Waals surface area contributed by atoms with Gasteiger partial charge in [-0.05, 0) is 19.4 Å². The molecular formula is C7H18N2. The van der Waals surface area contributed by atoms with E-state index in [0.29, 0.717) is 6.04 Å². The lowest BCUT2D eigenvalue weighted by Gasteiger charge is -2.07. The largest absolute Gasteiger partial charge is 0.330 e. The molecule has 0 saturated carbocycles. The first-order chi connectivity index (χ1) is 4.31. The Labute approximate surface area is 57.6 Å². The molecule has 0 radical (unpaired) electrons. The summed E-state index contributed by atoms with van der Waals surface area (Å²) in [6.07, 6.45) is 4.58. The molecule has 0 rings (SSSR count). The smallest absolute Gasteiger partial charge is 0.00508 e. The number of hydrogen-bond acceptors (Lipinski definition) is 2. The molecule has 0 saturated heterocycles. The van der Waals surface area contributed by atoms with Crippen molar-refractivity contribution in [1.29, 1.82) is 0 Å². The molecule has 0 aliphatic heterocycles. The molecule has 9 heavy (non-hydrogen) atoms. The quantitative estimate of drug-likeness (QED) is 0.579. The van der Waals surface area contributed by atoms with E-state index in [9.17, 15) is 0 Å². The summed E-state index contributed by atoms with van der Waals surface area (Å²) < 4.78 is 0. The van der Waals surface area contributed by atoms with Crippen molar-refractivity contribution in [2.75, 3.05) is 6.54 Å². The maximum absolute atomic E-state index is 5.69. The Morgan fingerprint density at radius 1 is 1.33 bits per heavy atom. The fourth-order valence-electron chi connectivity index (χ4n) is 0.825. The second-order valence-electron chi connectivity index (χ2n) is 2.48. The number of nitrogens with two attached hydrogens (primary N) is 2. The van der Waals surface area contributed by atoms with E-state index in [-0.39, 0.29) is 0 Å². The van der Waals surface area contributed by atoms with Gasteiger partial charge in [0.1, 0.15) is 0 Å². The van der Waals surface area contributed by atoms with Crippen molar-refractivity contribution >= 4 is 0 Å². The molecule has 0 heterocycles. The van der Waals surface area contributed by atoms with Gasteiger partial charge in [-0.2, -0.15) is 0 Å². The summed E-state index contributed by atoms with van der Waals surface area (Å²) in [4.78, 5) is 0. The highest BCUT2D eigenvalue weighted by atomic mass is 14.6. The molecule has 0 spiro atoms. The first kappa shape index (κ1) is 8.92. The molecule has 2 heteroatoms. The first-order valence-electron chi connectivity index (χ1n) is 3.77. The van der Waals surface area contributed by atoms with E-state index in [0.717, 1.165) is 19.4 Å². The average Bonchev–Trinajstić information content (AvgIpc) is 1.85. The van der Waals surface area contributed by atoms with Crippen LogP contribution in [0.4, 0.5) is 0 Å². The van der Waals surface area contributed by atoms with Gasteiger partial charge in [-0.15, -0.1) is 0 Å². The lowest BCUT2D eigenvalue weighted by atomic mass is 10.1. The van der Waals surface area contributed by atoms with Crippen LogP contribution in [0.25, 0.3) is 0 Å². The van der Waals surface area contributed by atoms with Gasteiger partial charge in [0, 0.05) is 6.04 Å². The topological polar surface area (TPSA) is 52.0 Å². The van der Waals surface area contributed by atoms with Gasteiger partial charge in [-0.3, -0.25) is 0 Å².